The van der Waals surface area contributed by atoms with Gasteiger partial charge in [-0.15, -0.1) is 10.2 Å². The summed E-state index contributed by atoms with van der Waals surface area (Å²) in [5.41, 5.74) is 3.46. The average molecular weight is 351 g/mol. The van der Waals surface area contributed by atoms with Crippen molar-refractivity contribution in [1.29, 1.82) is 0 Å². The first-order valence-electron chi connectivity index (χ1n) is 8.51. The normalized spacial score (nSPS) is 17.0. The Morgan fingerprint density at radius 2 is 2.04 bits per heavy atom. The van der Waals surface area contributed by atoms with Crippen LogP contribution in [0.4, 0.5) is 10.8 Å². The third-order valence-corrected chi connectivity index (χ3v) is 5.55. The van der Waals surface area contributed by atoms with Crippen molar-refractivity contribution in [3.05, 3.63) is 54.2 Å². The maximum absolute atomic E-state index is 4.45. The molecular weight excluding hydrogens is 330 g/mol. The van der Waals surface area contributed by atoms with E-state index in [2.05, 4.69) is 63.3 Å². The predicted octanol–water partition coefficient (Wildman–Crippen LogP) is 4.01. The van der Waals surface area contributed by atoms with Crippen LogP contribution in [0.3, 0.4) is 0 Å². The van der Waals surface area contributed by atoms with Gasteiger partial charge in [0.05, 0.1) is 6.04 Å². The molecule has 0 aliphatic carbocycles. The van der Waals surface area contributed by atoms with Crippen LogP contribution in [0.25, 0.3) is 10.7 Å². The highest BCUT2D eigenvalue weighted by Crippen LogP contribution is 2.39. The summed E-state index contributed by atoms with van der Waals surface area (Å²) in [4.78, 5) is 8.91. The first-order valence-corrected chi connectivity index (χ1v) is 9.33. The highest BCUT2D eigenvalue weighted by Gasteiger charge is 2.29. The van der Waals surface area contributed by atoms with Crippen LogP contribution in [0.5, 0.6) is 0 Å². The fourth-order valence-electron chi connectivity index (χ4n) is 3.28. The zero-order chi connectivity index (χ0) is 17.2. The Morgan fingerprint density at radius 3 is 2.84 bits per heavy atom. The van der Waals surface area contributed by atoms with Crippen molar-refractivity contribution in [2.24, 2.45) is 0 Å². The molecular formula is C19H21N5S. The fraction of sp³-hybridized carbons (Fsp3) is 0.316. The number of hydrogen-bond donors (Lipinski definition) is 0. The number of nitrogens with zero attached hydrogens (tertiary/aromatic N) is 5. The average Bonchev–Trinajstić information content (AvgIpc) is 3.32. The molecule has 128 valence electrons. The smallest absolute Gasteiger partial charge is 0.209 e. The molecule has 0 saturated carbocycles. The van der Waals surface area contributed by atoms with Crippen LogP contribution >= 0.6 is 11.3 Å². The number of anilines is 2. The zero-order valence-corrected chi connectivity index (χ0v) is 15.3. The van der Waals surface area contributed by atoms with Crippen molar-refractivity contribution in [2.45, 2.75) is 18.9 Å². The number of benzene rings is 1. The molecule has 1 aliphatic rings. The summed E-state index contributed by atoms with van der Waals surface area (Å²) >= 11 is 1.62. The van der Waals surface area contributed by atoms with Crippen LogP contribution in [0, 0.1) is 0 Å². The van der Waals surface area contributed by atoms with E-state index < -0.39 is 0 Å². The van der Waals surface area contributed by atoms with E-state index >= 15 is 0 Å². The lowest BCUT2D eigenvalue weighted by Crippen LogP contribution is -2.22. The van der Waals surface area contributed by atoms with Gasteiger partial charge in [-0.2, -0.15) is 0 Å². The molecule has 0 N–H and O–H groups in total. The lowest BCUT2D eigenvalue weighted by Gasteiger charge is -2.25. The summed E-state index contributed by atoms with van der Waals surface area (Å²) < 4.78 is 0. The van der Waals surface area contributed by atoms with Gasteiger partial charge in [0, 0.05) is 32.5 Å². The van der Waals surface area contributed by atoms with Crippen molar-refractivity contribution in [1.82, 2.24) is 15.2 Å². The summed E-state index contributed by atoms with van der Waals surface area (Å²) in [5.74, 6) is 0. The molecule has 4 rings (SSSR count). The Morgan fingerprint density at radius 1 is 1.12 bits per heavy atom. The molecule has 1 aliphatic heterocycles. The lowest BCUT2D eigenvalue weighted by molar-refractivity contribution is 0.713. The van der Waals surface area contributed by atoms with Crippen molar-refractivity contribution in [2.75, 3.05) is 30.4 Å². The molecule has 0 amide bonds. The molecule has 1 aromatic carbocycles. The first kappa shape index (κ1) is 16.0. The van der Waals surface area contributed by atoms with Gasteiger partial charge in [-0.25, -0.2) is 0 Å². The van der Waals surface area contributed by atoms with Crippen LogP contribution in [0.15, 0.2) is 48.7 Å². The van der Waals surface area contributed by atoms with Gasteiger partial charge in [0.15, 0.2) is 5.01 Å². The molecule has 1 fully saturated rings. The molecule has 2 aromatic heterocycles. The van der Waals surface area contributed by atoms with E-state index in [1.54, 1.807) is 17.5 Å². The van der Waals surface area contributed by atoms with Crippen molar-refractivity contribution < 1.29 is 0 Å². The van der Waals surface area contributed by atoms with Crippen LogP contribution in [-0.4, -0.2) is 35.8 Å². The first-order chi connectivity index (χ1) is 12.2. The molecule has 0 bridgehead atoms. The zero-order valence-electron chi connectivity index (χ0n) is 14.5. The third-order valence-electron chi connectivity index (χ3n) is 4.57. The molecule has 3 heterocycles. The minimum atomic E-state index is 0.365. The van der Waals surface area contributed by atoms with Crippen LogP contribution in [-0.2, 0) is 0 Å². The summed E-state index contributed by atoms with van der Waals surface area (Å²) in [7, 11) is 4.16. The maximum atomic E-state index is 4.45. The molecule has 0 unspecified atom stereocenters. The Bertz CT molecular complexity index is 846. The standard InChI is InChI=1S/C19H21N5S/c1-23(2)15-8-5-7-14(13-15)17-10-6-12-24(17)19-22-21-18(25-19)16-9-3-4-11-20-16/h3-5,7-9,11,13,17H,6,10,12H2,1-2H3/t17-/m1/s1. The van der Waals surface area contributed by atoms with Gasteiger partial charge in [-0.1, -0.05) is 29.5 Å². The van der Waals surface area contributed by atoms with E-state index in [1.165, 1.54) is 17.7 Å². The maximum Gasteiger partial charge on any atom is 0.209 e. The summed E-state index contributed by atoms with van der Waals surface area (Å²) in [5, 5.41) is 10.7. The Hall–Kier alpha value is -2.47. The van der Waals surface area contributed by atoms with E-state index in [4.69, 9.17) is 0 Å². The number of rotatable bonds is 4. The van der Waals surface area contributed by atoms with Crippen molar-refractivity contribution in [3.63, 3.8) is 0 Å². The molecule has 0 spiro atoms. The lowest BCUT2D eigenvalue weighted by atomic mass is 10.0. The molecule has 25 heavy (non-hydrogen) atoms. The van der Waals surface area contributed by atoms with Gasteiger partial charge in [0.2, 0.25) is 5.13 Å². The van der Waals surface area contributed by atoms with Gasteiger partial charge in [-0.05, 0) is 42.7 Å². The van der Waals surface area contributed by atoms with Gasteiger partial charge < -0.3 is 9.80 Å². The quantitative estimate of drug-likeness (QED) is 0.711. The van der Waals surface area contributed by atoms with E-state index in [1.807, 2.05) is 18.2 Å². The molecule has 1 atom stereocenters. The Balaban J connectivity index is 1.62. The minimum Gasteiger partial charge on any atom is -0.378 e. The van der Waals surface area contributed by atoms with Gasteiger partial charge in [0.1, 0.15) is 5.69 Å². The second-order valence-corrected chi connectivity index (χ2v) is 7.40. The fourth-order valence-corrected chi connectivity index (χ4v) is 4.17. The summed E-state index contributed by atoms with van der Waals surface area (Å²) in [6.07, 6.45) is 4.12. The summed E-state index contributed by atoms with van der Waals surface area (Å²) in [6.45, 7) is 1.02. The topological polar surface area (TPSA) is 45.2 Å². The largest absolute Gasteiger partial charge is 0.378 e. The van der Waals surface area contributed by atoms with E-state index in [0.29, 0.717) is 6.04 Å². The van der Waals surface area contributed by atoms with E-state index in [9.17, 15) is 0 Å². The van der Waals surface area contributed by atoms with Crippen molar-refractivity contribution >= 4 is 22.2 Å². The second kappa shape index (κ2) is 6.80. The van der Waals surface area contributed by atoms with Gasteiger partial charge in [0.25, 0.3) is 0 Å². The van der Waals surface area contributed by atoms with Crippen molar-refractivity contribution in [3.8, 4) is 10.7 Å². The monoisotopic (exact) mass is 351 g/mol. The second-order valence-electron chi connectivity index (χ2n) is 6.45. The van der Waals surface area contributed by atoms with Crippen LogP contribution in [0.1, 0.15) is 24.4 Å². The molecule has 0 radical (unpaired) electrons. The molecule has 6 heteroatoms. The minimum absolute atomic E-state index is 0.365. The predicted molar refractivity (Wildman–Crippen MR) is 103 cm³/mol. The highest BCUT2D eigenvalue weighted by atomic mass is 32.1. The van der Waals surface area contributed by atoms with Crippen LogP contribution in [0.2, 0.25) is 0 Å². The molecule has 1 saturated heterocycles. The molecule has 3 aromatic rings. The van der Waals surface area contributed by atoms with Gasteiger partial charge >= 0.3 is 0 Å². The molecule has 5 nitrogen and oxygen atoms in total. The Kier molecular flexibility index (Phi) is 4.36. The number of hydrogen-bond acceptors (Lipinski definition) is 6. The number of pyridine rings is 1. The van der Waals surface area contributed by atoms with Gasteiger partial charge in [-0.3, -0.25) is 4.98 Å². The Labute approximate surface area is 152 Å². The summed E-state index contributed by atoms with van der Waals surface area (Å²) in [6, 6.07) is 15.0. The van der Waals surface area contributed by atoms with Crippen LogP contribution < -0.4 is 9.80 Å². The SMILES string of the molecule is CN(C)c1cccc([C@H]2CCCN2c2nnc(-c3ccccn3)s2)c1. The van der Waals surface area contributed by atoms with E-state index in [0.717, 1.165) is 28.8 Å². The third kappa shape index (κ3) is 3.22. The highest BCUT2D eigenvalue weighted by molar-refractivity contribution is 7.18. The van der Waals surface area contributed by atoms with E-state index in [-0.39, 0.29) is 0 Å². The number of aromatic nitrogens is 3.